The molecule has 1 N–H and O–H groups in total. The molecule has 1 aliphatic heterocycles. The molecule has 1 atom stereocenters. The predicted octanol–water partition coefficient (Wildman–Crippen LogP) is 3.36. The van der Waals surface area contributed by atoms with Crippen molar-refractivity contribution in [2.24, 2.45) is 0 Å². The van der Waals surface area contributed by atoms with Crippen LogP contribution in [0.4, 0.5) is 5.69 Å². The van der Waals surface area contributed by atoms with Crippen molar-refractivity contribution in [2.45, 2.75) is 26.3 Å². The van der Waals surface area contributed by atoms with Gasteiger partial charge in [0.2, 0.25) is 0 Å². The molecule has 0 spiro atoms. The molecule has 0 saturated carbocycles. The van der Waals surface area contributed by atoms with Gasteiger partial charge in [0.05, 0.1) is 18.2 Å². The summed E-state index contributed by atoms with van der Waals surface area (Å²) in [5.74, 6) is -0.750. The summed E-state index contributed by atoms with van der Waals surface area (Å²) in [6, 6.07) is 9.81. The summed E-state index contributed by atoms with van der Waals surface area (Å²) < 4.78 is 5.51. The maximum atomic E-state index is 12.8. The minimum absolute atomic E-state index is 0.116. The maximum absolute atomic E-state index is 12.8. The van der Waals surface area contributed by atoms with E-state index in [1.807, 2.05) is 6.92 Å². The molecule has 1 aromatic heterocycles. The van der Waals surface area contributed by atoms with Crippen LogP contribution in [0.1, 0.15) is 31.9 Å². The Bertz CT molecular complexity index is 861. The van der Waals surface area contributed by atoms with E-state index in [9.17, 15) is 14.7 Å². The van der Waals surface area contributed by atoms with Gasteiger partial charge >= 0.3 is 0 Å². The molecule has 0 saturated heterocycles. The van der Waals surface area contributed by atoms with E-state index < -0.39 is 17.7 Å². The van der Waals surface area contributed by atoms with Crippen LogP contribution in [0.15, 0.2) is 60.1 Å². The summed E-state index contributed by atoms with van der Waals surface area (Å²) in [6.45, 7) is 4.07. The van der Waals surface area contributed by atoms with Gasteiger partial charge in [-0.1, -0.05) is 13.0 Å². The number of ketones is 1. The molecule has 134 valence electrons. The number of ether oxygens (including phenoxy) is 1. The molecule has 1 amide bonds. The number of Topliss-reactive ketones (excluding diaryl/α,β-unsaturated/α-hetero) is 1. The van der Waals surface area contributed by atoms with Crippen molar-refractivity contribution >= 4 is 17.4 Å². The maximum Gasteiger partial charge on any atom is 0.294 e. The summed E-state index contributed by atoms with van der Waals surface area (Å²) in [5.41, 5.74) is 1.37. The normalized spacial score (nSPS) is 16.9. The highest BCUT2D eigenvalue weighted by Gasteiger charge is 2.43. The van der Waals surface area contributed by atoms with Crippen molar-refractivity contribution in [3.63, 3.8) is 0 Å². The van der Waals surface area contributed by atoms with E-state index in [2.05, 4.69) is 4.98 Å². The molecule has 2 heterocycles. The molecule has 1 unspecified atom stereocenters. The highest BCUT2D eigenvalue weighted by Crippen LogP contribution is 2.41. The van der Waals surface area contributed by atoms with Crippen molar-refractivity contribution in [1.29, 1.82) is 0 Å². The van der Waals surface area contributed by atoms with E-state index >= 15 is 0 Å². The van der Waals surface area contributed by atoms with Crippen LogP contribution in [0, 0.1) is 0 Å². The lowest BCUT2D eigenvalue weighted by Crippen LogP contribution is -2.31. The Morgan fingerprint density at radius 2 is 1.96 bits per heavy atom. The second-order valence-corrected chi connectivity index (χ2v) is 5.83. The highest BCUT2D eigenvalue weighted by molar-refractivity contribution is 6.16. The highest BCUT2D eigenvalue weighted by atomic mass is 16.5. The number of carbonyl (C=O) groups excluding carboxylic acids is 2. The first-order valence-corrected chi connectivity index (χ1v) is 8.51. The lowest BCUT2D eigenvalue weighted by atomic mass is 9.95. The molecule has 6 nitrogen and oxygen atoms in total. The molecule has 3 rings (SSSR count). The van der Waals surface area contributed by atoms with Gasteiger partial charge in [0.15, 0.2) is 11.5 Å². The smallest absolute Gasteiger partial charge is 0.294 e. The van der Waals surface area contributed by atoms with Gasteiger partial charge in [-0.3, -0.25) is 19.5 Å². The fourth-order valence-corrected chi connectivity index (χ4v) is 3.10. The topological polar surface area (TPSA) is 79.7 Å². The summed E-state index contributed by atoms with van der Waals surface area (Å²) in [4.78, 5) is 30.7. The number of carbonyl (C=O) groups is 2. The SMILES string of the molecule is CCOc1cccc(N2C(=O)C(O)=C(C(=O)CC)C2c2ccncc2)c1. The largest absolute Gasteiger partial charge is 0.503 e. The predicted molar refractivity (Wildman–Crippen MR) is 97.0 cm³/mol. The van der Waals surface area contributed by atoms with Gasteiger partial charge in [-0.2, -0.15) is 0 Å². The zero-order chi connectivity index (χ0) is 18.7. The molecule has 0 radical (unpaired) electrons. The third-order valence-corrected chi connectivity index (χ3v) is 4.26. The second kappa shape index (κ2) is 7.39. The van der Waals surface area contributed by atoms with Crippen LogP contribution in [0.3, 0.4) is 0 Å². The Kier molecular flexibility index (Phi) is 5.02. The Morgan fingerprint density at radius 3 is 2.62 bits per heavy atom. The van der Waals surface area contributed by atoms with Crippen LogP contribution in [-0.4, -0.2) is 28.4 Å². The van der Waals surface area contributed by atoms with E-state index in [1.165, 1.54) is 4.90 Å². The number of hydrogen-bond donors (Lipinski definition) is 1. The van der Waals surface area contributed by atoms with Gasteiger partial charge in [0, 0.05) is 30.6 Å². The van der Waals surface area contributed by atoms with Crippen LogP contribution in [-0.2, 0) is 9.59 Å². The van der Waals surface area contributed by atoms with Crippen LogP contribution in [0.5, 0.6) is 5.75 Å². The summed E-state index contributed by atoms with van der Waals surface area (Å²) >= 11 is 0. The molecule has 1 aliphatic rings. The van der Waals surface area contributed by atoms with Crippen molar-refractivity contribution < 1.29 is 19.4 Å². The number of hydrogen-bond acceptors (Lipinski definition) is 5. The zero-order valence-corrected chi connectivity index (χ0v) is 14.7. The van der Waals surface area contributed by atoms with Crippen molar-refractivity contribution in [1.82, 2.24) is 4.98 Å². The Labute approximate surface area is 151 Å². The summed E-state index contributed by atoms with van der Waals surface area (Å²) in [5, 5.41) is 10.4. The van der Waals surface area contributed by atoms with E-state index in [0.717, 1.165) is 0 Å². The number of pyridine rings is 1. The first-order chi connectivity index (χ1) is 12.6. The summed E-state index contributed by atoms with van der Waals surface area (Å²) in [6.07, 6.45) is 3.39. The van der Waals surface area contributed by atoms with E-state index in [-0.39, 0.29) is 17.8 Å². The lowest BCUT2D eigenvalue weighted by molar-refractivity contribution is -0.118. The van der Waals surface area contributed by atoms with Crippen molar-refractivity contribution in [3.05, 3.63) is 65.7 Å². The zero-order valence-electron chi connectivity index (χ0n) is 14.7. The van der Waals surface area contributed by atoms with E-state index in [1.54, 1.807) is 55.7 Å². The minimum Gasteiger partial charge on any atom is -0.503 e. The number of aliphatic hydroxyl groups excluding tert-OH is 1. The molecular weight excluding hydrogens is 332 g/mol. The molecule has 0 aliphatic carbocycles. The van der Waals surface area contributed by atoms with Crippen LogP contribution >= 0.6 is 0 Å². The van der Waals surface area contributed by atoms with Crippen molar-refractivity contribution in [3.8, 4) is 5.75 Å². The average molecular weight is 352 g/mol. The third-order valence-electron chi connectivity index (χ3n) is 4.26. The molecule has 6 heteroatoms. The number of nitrogens with zero attached hydrogens (tertiary/aromatic N) is 2. The standard InChI is InChI=1S/C20H20N2O4/c1-3-16(23)17-18(13-8-10-21-11-9-13)22(20(25)19(17)24)14-6-5-7-15(12-14)26-4-2/h5-12,18,24H,3-4H2,1-2H3. The first-order valence-electron chi connectivity index (χ1n) is 8.51. The second-order valence-electron chi connectivity index (χ2n) is 5.83. The van der Waals surface area contributed by atoms with Gasteiger partial charge in [0.25, 0.3) is 5.91 Å². The van der Waals surface area contributed by atoms with Gasteiger partial charge in [-0.15, -0.1) is 0 Å². The van der Waals surface area contributed by atoms with Gasteiger partial charge in [-0.25, -0.2) is 0 Å². The fraction of sp³-hybridized carbons (Fsp3) is 0.250. The molecule has 0 fully saturated rings. The number of anilines is 1. The van der Waals surface area contributed by atoms with Gasteiger partial charge in [0.1, 0.15) is 5.75 Å². The van der Waals surface area contributed by atoms with E-state index in [4.69, 9.17) is 4.74 Å². The average Bonchev–Trinajstić information content (AvgIpc) is 2.93. The van der Waals surface area contributed by atoms with Crippen LogP contribution in [0.2, 0.25) is 0 Å². The third kappa shape index (κ3) is 3.06. The monoisotopic (exact) mass is 352 g/mol. The first kappa shape index (κ1) is 17.7. The molecule has 1 aromatic carbocycles. The molecule has 2 aromatic rings. The number of amides is 1. The Hall–Kier alpha value is -3.15. The number of aromatic nitrogens is 1. The molecule has 26 heavy (non-hydrogen) atoms. The van der Waals surface area contributed by atoms with Crippen molar-refractivity contribution in [2.75, 3.05) is 11.5 Å². The number of benzene rings is 1. The van der Waals surface area contributed by atoms with Crippen LogP contribution in [0.25, 0.3) is 0 Å². The Balaban J connectivity index is 2.13. The fourth-order valence-electron chi connectivity index (χ4n) is 3.10. The van der Waals surface area contributed by atoms with Gasteiger partial charge < -0.3 is 9.84 Å². The Morgan fingerprint density at radius 1 is 1.23 bits per heavy atom. The lowest BCUT2D eigenvalue weighted by Gasteiger charge is -2.27. The molecule has 0 bridgehead atoms. The summed E-state index contributed by atoms with van der Waals surface area (Å²) in [7, 11) is 0. The van der Waals surface area contributed by atoms with Gasteiger partial charge in [-0.05, 0) is 36.8 Å². The molecular formula is C20H20N2O4. The number of rotatable bonds is 6. The van der Waals surface area contributed by atoms with E-state index in [0.29, 0.717) is 23.6 Å². The number of aliphatic hydroxyl groups is 1. The minimum atomic E-state index is -0.699. The quantitative estimate of drug-likeness (QED) is 0.862. The van der Waals surface area contributed by atoms with Crippen LogP contribution < -0.4 is 9.64 Å².